The van der Waals surface area contributed by atoms with Crippen molar-refractivity contribution in [2.75, 3.05) is 39.3 Å². The van der Waals surface area contributed by atoms with E-state index in [0.29, 0.717) is 13.1 Å². The molecule has 2 bridgehead atoms. The summed E-state index contributed by atoms with van der Waals surface area (Å²) in [5.74, 6) is 1.15. The number of likely N-dealkylation sites (N-methyl/N-ethyl adjacent to an activating group) is 1. The van der Waals surface area contributed by atoms with E-state index in [0.717, 1.165) is 44.6 Å². The van der Waals surface area contributed by atoms with E-state index in [1.54, 1.807) is 0 Å². The minimum Gasteiger partial charge on any atom is -0.357 e. The van der Waals surface area contributed by atoms with Crippen molar-refractivity contribution in [3.8, 4) is 0 Å². The van der Waals surface area contributed by atoms with Crippen molar-refractivity contribution in [3.05, 3.63) is 12.2 Å². The Labute approximate surface area is 190 Å². The standard InChI is InChI=1S/C21H33N5O2.HI/c1-3-22-21(23-9-11-25(4-2)16-7-8-16)24-10-12-26-19(27)17-14-5-6-15(13-14)18(17)20(26)28;/h5-6,14-18H,3-4,7-13H2,1-2H3,(H2,22,23,24);1H. The number of amides is 2. The Morgan fingerprint density at radius 3 is 2.34 bits per heavy atom. The van der Waals surface area contributed by atoms with E-state index in [4.69, 9.17) is 0 Å². The fourth-order valence-corrected chi connectivity index (χ4v) is 5.14. The van der Waals surface area contributed by atoms with Crippen LogP contribution in [-0.4, -0.2) is 72.9 Å². The zero-order chi connectivity index (χ0) is 19.7. The van der Waals surface area contributed by atoms with Crippen molar-refractivity contribution >= 4 is 41.8 Å². The van der Waals surface area contributed by atoms with Crippen molar-refractivity contribution in [1.29, 1.82) is 0 Å². The Balaban J connectivity index is 0.00000240. The Morgan fingerprint density at radius 2 is 1.79 bits per heavy atom. The van der Waals surface area contributed by atoms with Gasteiger partial charge in [0.1, 0.15) is 0 Å². The molecule has 7 nitrogen and oxygen atoms in total. The van der Waals surface area contributed by atoms with Gasteiger partial charge in [0.25, 0.3) is 0 Å². The lowest BCUT2D eigenvalue weighted by Gasteiger charge is -2.20. The van der Waals surface area contributed by atoms with Crippen LogP contribution in [0.3, 0.4) is 0 Å². The molecule has 4 aliphatic rings. The summed E-state index contributed by atoms with van der Waals surface area (Å²) >= 11 is 0. The Bertz CT molecular complexity index is 648. The summed E-state index contributed by atoms with van der Waals surface area (Å²) in [6, 6.07) is 0.757. The van der Waals surface area contributed by atoms with Gasteiger partial charge < -0.3 is 10.6 Å². The minimum absolute atomic E-state index is 0. The number of likely N-dealkylation sites (tertiary alicyclic amines) is 1. The highest BCUT2D eigenvalue weighted by Crippen LogP contribution is 2.52. The highest BCUT2D eigenvalue weighted by molar-refractivity contribution is 14.0. The lowest BCUT2D eigenvalue weighted by Crippen LogP contribution is -2.44. The normalized spacial score (nSPS) is 30.2. The molecule has 1 heterocycles. The van der Waals surface area contributed by atoms with Gasteiger partial charge in [0.15, 0.2) is 5.96 Å². The average molecular weight is 515 g/mol. The molecule has 2 amide bonds. The molecule has 4 unspecified atom stereocenters. The molecule has 1 saturated heterocycles. The fraction of sp³-hybridized carbons (Fsp3) is 0.762. The first-order chi connectivity index (χ1) is 13.6. The van der Waals surface area contributed by atoms with Gasteiger partial charge in [-0.3, -0.25) is 24.4 Å². The molecule has 0 radical (unpaired) electrons. The number of hydrogen-bond donors (Lipinski definition) is 2. The van der Waals surface area contributed by atoms with Gasteiger partial charge >= 0.3 is 0 Å². The molecule has 0 aromatic carbocycles. The highest BCUT2D eigenvalue weighted by atomic mass is 127. The lowest BCUT2D eigenvalue weighted by molar-refractivity contribution is -0.140. The van der Waals surface area contributed by atoms with Gasteiger partial charge in [-0.15, -0.1) is 24.0 Å². The molecular formula is C21H34IN5O2. The maximum atomic E-state index is 12.7. The highest BCUT2D eigenvalue weighted by Gasteiger charge is 2.58. The number of carbonyl (C=O) groups excluding carboxylic acids is 2. The number of rotatable bonds is 9. The van der Waals surface area contributed by atoms with E-state index in [-0.39, 0.29) is 59.5 Å². The van der Waals surface area contributed by atoms with Gasteiger partial charge in [-0.25, -0.2) is 0 Å². The minimum atomic E-state index is -0.105. The quantitative estimate of drug-likeness (QED) is 0.160. The van der Waals surface area contributed by atoms with Crippen molar-refractivity contribution < 1.29 is 9.59 Å². The van der Waals surface area contributed by atoms with Crippen LogP contribution in [0.4, 0.5) is 0 Å². The molecule has 0 spiro atoms. The largest absolute Gasteiger partial charge is 0.357 e. The van der Waals surface area contributed by atoms with Gasteiger partial charge in [0.05, 0.1) is 18.4 Å². The van der Waals surface area contributed by atoms with E-state index in [1.807, 2.05) is 6.92 Å². The number of allylic oxidation sites excluding steroid dienone is 2. The zero-order valence-corrected chi connectivity index (χ0v) is 19.8. The van der Waals surface area contributed by atoms with Gasteiger partial charge in [0, 0.05) is 32.2 Å². The third-order valence-electron chi connectivity index (χ3n) is 6.66. The van der Waals surface area contributed by atoms with Crippen LogP contribution in [0.1, 0.15) is 33.1 Å². The summed E-state index contributed by atoms with van der Waals surface area (Å²) in [7, 11) is 0. The molecule has 29 heavy (non-hydrogen) atoms. The number of fused-ring (bicyclic) bond motifs is 5. The Hall–Kier alpha value is -1.16. The van der Waals surface area contributed by atoms with E-state index in [2.05, 4.69) is 39.6 Å². The number of halogens is 1. The molecule has 1 aliphatic heterocycles. The summed E-state index contributed by atoms with van der Waals surface area (Å²) in [6.07, 6.45) is 7.87. The van der Waals surface area contributed by atoms with Crippen LogP contribution >= 0.6 is 24.0 Å². The van der Waals surface area contributed by atoms with Gasteiger partial charge in [-0.05, 0) is 44.6 Å². The number of nitrogens with one attached hydrogen (secondary N) is 2. The van der Waals surface area contributed by atoms with Gasteiger partial charge in [-0.1, -0.05) is 19.1 Å². The summed E-state index contributed by atoms with van der Waals surface area (Å²) in [5, 5.41) is 6.54. The molecule has 4 rings (SSSR count). The predicted molar refractivity (Wildman–Crippen MR) is 124 cm³/mol. The SMILES string of the molecule is CCNC(=NCCN(CC)C1CC1)NCCN1C(=O)C2C3C=CC(C3)C2C1=O.I. The maximum absolute atomic E-state index is 12.7. The summed E-state index contributed by atoms with van der Waals surface area (Å²) < 4.78 is 0. The number of carbonyl (C=O) groups is 2. The third kappa shape index (κ3) is 4.62. The molecule has 3 fully saturated rings. The van der Waals surface area contributed by atoms with Crippen molar-refractivity contribution in [2.24, 2.45) is 28.7 Å². The lowest BCUT2D eigenvalue weighted by atomic mass is 9.85. The number of nitrogens with zero attached hydrogens (tertiary/aromatic N) is 3. The second-order valence-corrected chi connectivity index (χ2v) is 8.38. The van der Waals surface area contributed by atoms with E-state index in [9.17, 15) is 9.59 Å². The Morgan fingerprint density at radius 1 is 1.14 bits per heavy atom. The number of guanidine groups is 1. The summed E-state index contributed by atoms with van der Waals surface area (Å²) in [6.45, 7) is 8.77. The molecular weight excluding hydrogens is 481 g/mol. The molecule has 8 heteroatoms. The number of hydrogen-bond acceptors (Lipinski definition) is 4. The van der Waals surface area contributed by atoms with Crippen molar-refractivity contribution in [3.63, 3.8) is 0 Å². The van der Waals surface area contributed by atoms with E-state index >= 15 is 0 Å². The predicted octanol–water partition coefficient (Wildman–Crippen LogP) is 1.45. The van der Waals surface area contributed by atoms with E-state index in [1.165, 1.54) is 17.7 Å². The van der Waals surface area contributed by atoms with Crippen LogP contribution in [0.2, 0.25) is 0 Å². The van der Waals surface area contributed by atoms with Crippen molar-refractivity contribution in [2.45, 2.75) is 39.2 Å². The first-order valence-electron chi connectivity index (χ1n) is 10.9. The first-order valence-corrected chi connectivity index (χ1v) is 10.9. The van der Waals surface area contributed by atoms with Crippen LogP contribution in [-0.2, 0) is 9.59 Å². The van der Waals surface area contributed by atoms with Crippen LogP contribution in [0.5, 0.6) is 0 Å². The number of imide groups is 1. The van der Waals surface area contributed by atoms with Crippen molar-refractivity contribution in [1.82, 2.24) is 20.4 Å². The van der Waals surface area contributed by atoms with Crippen LogP contribution < -0.4 is 10.6 Å². The third-order valence-corrected chi connectivity index (χ3v) is 6.66. The Kier molecular flexibility index (Phi) is 7.58. The molecule has 2 N–H and O–H groups in total. The van der Waals surface area contributed by atoms with Gasteiger partial charge in [0.2, 0.25) is 11.8 Å². The van der Waals surface area contributed by atoms with Crippen LogP contribution in [0.15, 0.2) is 17.1 Å². The second kappa shape index (κ2) is 9.76. The topological polar surface area (TPSA) is 77.0 Å². The van der Waals surface area contributed by atoms with Crippen LogP contribution in [0, 0.1) is 23.7 Å². The average Bonchev–Trinajstić information content (AvgIpc) is 3.24. The fourth-order valence-electron chi connectivity index (χ4n) is 5.14. The molecule has 2 saturated carbocycles. The molecule has 3 aliphatic carbocycles. The smallest absolute Gasteiger partial charge is 0.233 e. The molecule has 0 aromatic heterocycles. The van der Waals surface area contributed by atoms with E-state index < -0.39 is 0 Å². The number of aliphatic imine (C=N–C) groups is 1. The molecule has 162 valence electrons. The first kappa shape index (κ1) is 22.5. The maximum Gasteiger partial charge on any atom is 0.233 e. The summed E-state index contributed by atoms with van der Waals surface area (Å²) in [5.41, 5.74) is 0. The van der Waals surface area contributed by atoms with Crippen LogP contribution in [0.25, 0.3) is 0 Å². The molecule has 4 atom stereocenters. The molecule has 0 aromatic rings. The monoisotopic (exact) mass is 515 g/mol. The second-order valence-electron chi connectivity index (χ2n) is 8.38. The zero-order valence-electron chi connectivity index (χ0n) is 17.5. The summed E-state index contributed by atoms with van der Waals surface area (Å²) in [4.78, 5) is 34.1. The van der Waals surface area contributed by atoms with Gasteiger partial charge in [-0.2, -0.15) is 0 Å².